The second kappa shape index (κ2) is 5.69. The topological polar surface area (TPSA) is 12.5 Å². The number of alkyl halides is 1. The Bertz CT molecular complexity index is 386. The van der Waals surface area contributed by atoms with Gasteiger partial charge in [-0.05, 0) is 25.5 Å². The first-order chi connectivity index (χ1) is 8.20. The largest absolute Gasteiger partial charge is 0.494 e. The number of benzene rings is 1. The van der Waals surface area contributed by atoms with E-state index in [1.807, 2.05) is 6.07 Å². The van der Waals surface area contributed by atoms with Gasteiger partial charge in [-0.1, -0.05) is 12.1 Å². The third-order valence-corrected chi connectivity index (χ3v) is 3.46. The van der Waals surface area contributed by atoms with Crippen LogP contribution in [-0.2, 0) is 6.54 Å². The summed E-state index contributed by atoms with van der Waals surface area (Å²) in [6.07, 6.45) is 2.14. The van der Waals surface area contributed by atoms with Gasteiger partial charge in [0.1, 0.15) is 0 Å². The molecule has 0 saturated carbocycles. The number of hydrogen-bond donors (Lipinski definition) is 0. The fourth-order valence-corrected chi connectivity index (χ4v) is 2.57. The van der Waals surface area contributed by atoms with Crippen molar-refractivity contribution >= 4 is 11.6 Å². The zero-order valence-corrected chi connectivity index (χ0v) is 10.7. The Balaban J connectivity index is 2.07. The van der Waals surface area contributed by atoms with Gasteiger partial charge in [-0.25, -0.2) is 4.39 Å². The van der Waals surface area contributed by atoms with Crippen molar-refractivity contribution in [1.29, 1.82) is 0 Å². The van der Waals surface area contributed by atoms with E-state index in [-0.39, 0.29) is 11.2 Å². The van der Waals surface area contributed by atoms with E-state index in [1.165, 1.54) is 7.11 Å². The van der Waals surface area contributed by atoms with E-state index in [2.05, 4.69) is 4.90 Å². The number of nitrogens with zero attached hydrogens (tertiary/aromatic N) is 1. The fraction of sp³-hybridized carbons (Fsp3) is 0.538. The number of methoxy groups -OCH3 is 1. The van der Waals surface area contributed by atoms with Gasteiger partial charge in [-0.2, -0.15) is 0 Å². The summed E-state index contributed by atoms with van der Waals surface area (Å²) in [5.41, 5.74) is 0.676. The first-order valence-electron chi connectivity index (χ1n) is 5.88. The fourth-order valence-electron chi connectivity index (χ4n) is 2.22. The van der Waals surface area contributed by atoms with Gasteiger partial charge >= 0.3 is 0 Å². The Hall–Kier alpha value is -0.800. The Morgan fingerprint density at radius 2 is 2.35 bits per heavy atom. The molecule has 1 fully saturated rings. The SMILES string of the molecule is COc1cccc(CN2CCCC(Cl)C2)c1F. The quantitative estimate of drug-likeness (QED) is 0.772. The average Bonchev–Trinajstić information content (AvgIpc) is 2.32. The molecule has 1 aromatic carbocycles. The molecule has 1 aromatic rings. The van der Waals surface area contributed by atoms with Crippen LogP contribution in [0.25, 0.3) is 0 Å². The molecule has 1 saturated heterocycles. The molecule has 4 heteroatoms. The van der Waals surface area contributed by atoms with Crippen molar-refractivity contribution in [3.8, 4) is 5.75 Å². The molecule has 1 aliphatic heterocycles. The summed E-state index contributed by atoms with van der Waals surface area (Å²) in [5, 5.41) is 0.192. The Morgan fingerprint density at radius 3 is 3.06 bits per heavy atom. The van der Waals surface area contributed by atoms with Gasteiger partial charge < -0.3 is 4.74 Å². The van der Waals surface area contributed by atoms with Crippen molar-refractivity contribution in [2.24, 2.45) is 0 Å². The molecule has 1 heterocycles. The number of rotatable bonds is 3. The van der Waals surface area contributed by atoms with Crippen LogP contribution < -0.4 is 4.74 Å². The number of hydrogen-bond acceptors (Lipinski definition) is 2. The summed E-state index contributed by atoms with van der Waals surface area (Å²) in [5.74, 6) is 0.0497. The van der Waals surface area contributed by atoms with Crippen molar-refractivity contribution in [2.75, 3.05) is 20.2 Å². The molecule has 1 atom stereocenters. The normalized spacial score (nSPS) is 21.5. The van der Waals surface area contributed by atoms with Crippen molar-refractivity contribution in [2.45, 2.75) is 24.8 Å². The van der Waals surface area contributed by atoms with E-state index in [4.69, 9.17) is 16.3 Å². The van der Waals surface area contributed by atoms with Gasteiger partial charge in [0.25, 0.3) is 0 Å². The van der Waals surface area contributed by atoms with Gasteiger partial charge in [0, 0.05) is 24.0 Å². The summed E-state index contributed by atoms with van der Waals surface area (Å²) >= 11 is 6.12. The minimum Gasteiger partial charge on any atom is -0.494 e. The number of likely N-dealkylation sites (tertiary alicyclic amines) is 1. The second-order valence-corrected chi connectivity index (χ2v) is 5.03. The zero-order chi connectivity index (χ0) is 12.3. The lowest BCUT2D eigenvalue weighted by molar-refractivity contribution is 0.220. The molecule has 1 unspecified atom stereocenters. The van der Waals surface area contributed by atoms with Gasteiger partial charge in [0.2, 0.25) is 0 Å². The van der Waals surface area contributed by atoms with E-state index in [0.29, 0.717) is 17.9 Å². The predicted octanol–water partition coefficient (Wildman–Crippen LogP) is 3.04. The molecule has 0 amide bonds. The second-order valence-electron chi connectivity index (χ2n) is 4.41. The van der Waals surface area contributed by atoms with Gasteiger partial charge in [-0.3, -0.25) is 4.90 Å². The molecule has 94 valence electrons. The van der Waals surface area contributed by atoms with E-state index in [1.54, 1.807) is 12.1 Å². The molecule has 0 radical (unpaired) electrons. The highest BCUT2D eigenvalue weighted by atomic mass is 35.5. The van der Waals surface area contributed by atoms with E-state index >= 15 is 0 Å². The van der Waals surface area contributed by atoms with Crippen LogP contribution >= 0.6 is 11.6 Å². The first kappa shape index (κ1) is 12.7. The van der Waals surface area contributed by atoms with Gasteiger partial charge in [-0.15, -0.1) is 11.6 Å². The van der Waals surface area contributed by atoms with E-state index in [0.717, 1.165) is 25.9 Å². The summed E-state index contributed by atoms with van der Waals surface area (Å²) in [7, 11) is 1.48. The van der Waals surface area contributed by atoms with Crippen LogP contribution in [0.1, 0.15) is 18.4 Å². The lowest BCUT2D eigenvalue weighted by Crippen LogP contribution is -2.35. The van der Waals surface area contributed by atoms with Crippen LogP contribution in [0.4, 0.5) is 4.39 Å². The Morgan fingerprint density at radius 1 is 1.53 bits per heavy atom. The molecular formula is C13H17ClFNO. The monoisotopic (exact) mass is 257 g/mol. The molecule has 2 nitrogen and oxygen atoms in total. The minimum atomic E-state index is -0.258. The maximum atomic E-state index is 13.9. The molecule has 0 aromatic heterocycles. The highest BCUT2D eigenvalue weighted by molar-refractivity contribution is 6.20. The van der Waals surface area contributed by atoms with Crippen LogP contribution in [-0.4, -0.2) is 30.5 Å². The molecule has 1 aliphatic rings. The van der Waals surface area contributed by atoms with Crippen molar-refractivity contribution in [1.82, 2.24) is 4.90 Å². The zero-order valence-electron chi connectivity index (χ0n) is 9.96. The Labute approximate surface area is 106 Å². The number of ether oxygens (including phenoxy) is 1. The average molecular weight is 258 g/mol. The van der Waals surface area contributed by atoms with Crippen LogP contribution in [0.3, 0.4) is 0 Å². The van der Waals surface area contributed by atoms with Crippen molar-refractivity contribution < 1.29 is 9.13 Å². The lowest BCUT2D eigenvalue weighted by atomic mass is 10.1. The summed E-state index contributed by atoms with van der Waals surface area (Å²) in [4.78, 5) is 2.19. The molecule has 2 rings (SSSR count). The third kappa shape index (κ3) is 3.11. The van der Waals surface area contributed by atoms with Crippen LogP contribution in [0, 0.1) is 5.82 Å². The predicted molar refractivity (Wildman–Crippen MR) is 67.1 cm³/mol. The number of piperidine rings is 1. The van der Waals surface area contributed by atoms with Gasteiger partial charge in [0.15, 0.2) is 11.6 Å². The molecule has 0 bridgehead atoms. The van der Waals surface area contributed by atoms with Crippen molar-refractivity contribution in [3.05, 3.63) is 29.6 Å². The summed E-state index contributed by atoms with van der Waals surface area (Å²) in [6, 6.07) is 5.26. The highest BCUT2D eigenvalue weighted by Crippen LogP contribution is 2.23. The number of halogens is 2. The van der Waals surface area contributed by atoms with Gasteiger partial charge in [0.05, 0.1) is 7.11 Å². The molecular weight excluding hydrogens is 241 g/mol. The maximum Gasteiger partial charge on any atom is 0.169 e. The molecule has 0 spiro atoms. The van der Waals surface area contributed by atoms with E-state index in [9.17, 15) is 4.39 Å². The molecule has 17 heavy (non-hydrogen) atoms. The first-order valence-corrected chi connectivity index (χ1v) is 6.32. The van der Waals surface area contributed by atoms with Crippen LogP contribution in [0.5, 0.6) is 5.75 Å². The van der Waals surface area contributed by atoms with Crippen LogP contribution in [0.15, 0.2) is 18.2 Å². The minimum absolute atomic E-state index is 0.192. The molecule has 0 aliphatic carbocycles. The summed E-state index contributed by atoms with van der Waals surface area (Å²) < 4.78 is 18.9. The molecule has 0 N–H and O–H groups in total. The standard InChI is InChI=1S/C13H17ClFNO/c1-17-12-6-2-4-10(13(12)15)8-16-7-3-5-11(14)9-16/h2,4,6,11H,3,5,7-9H2,1H3. The Kier molecular flexibility index (Phi) is 4.24. The van der Waals surface area contributed by atoms with Crippen molar-refractivity contribution in [3.63, 3.8) is 0 Å². The highest BCUT2D eigenvalue weighted by Gasteiger charge is 2.19. The third-order valence-electron chi connectivity index (χ3n) is 3.11. The summed E-state index contributed by atoms with van der Waals surface area (Å²) in [6.45, 7) is 2.42. The lowest BCUT2D eigenvalue weighted by Gasteiger charge is -2.29. The van der Waals surface area contributed by atoms with E-state index < -0.39 is 0 Å². The maximum absolute atomic E-state index is 13.9. The smallest absolute Gasteiger partial charge is 0.169 e. The van der Waals surface area contributed by atoms with Crippen LogP contribution in [0.2, 0.25) is 0 Å².